The highest BCUT2D eigenvalue weighted by atomic mass is 35.5. The third-order valence-corrected chi connectivity index (χ3v) is 5.85. The molecular weight excluding hydrogens is 379 g/mol. The number of nitrogens with one attached hydrogen (secondary N) is 1. The lowest BCUT2D eigenvalue weighted by Gasteiger charge is -2.29. The Morgan fingerprint density at radius 2 is 1.96 bits per heavy atom. The predicted molar refractivity (Wildman–Crippen MR) is 99.6 cm³/mol. The first-order valence-corrected chi connectivity index (χ1v) is 10.1. The van der Waals surface area contributed by atoms with Gasteiger partial charge in [0.05, 0.1) is 9.92 Å². The smallest absolute Gasteiger partial charge is 0.261 e. The summed E-state index contributed by atoms with van der Waals surface area (Å²) < 4.78 is 40.7. The van der Waals surface area contributed by atoms with Crippen LogP contribution in [0.5, 0.6) is 0 Å². The van der Waals surface area contributed by atoms with E-state index in [2.05, 4.69) is 4.72 Å². The molecule has 1 aliphatic rings. The quantitative estimate of drug-likeness (QED) is 0.831. The second-order valence-electron chi connectivity index (χ2n) is 6.07. The Morgan fingerprint density at radius 3 is 2.65 bits per heavy atom. The van der Waals surface area contributed by atoms with E-state index < -0.39 is 15.8 Å². The van der Waals surface area contributed by atoms with Crippen molar-refractivity contribution in [3.8, 4) is 0 Å². The SMILES string of the molecule is CCCN1C(=O)CCc2cc(NS(=O)(=O)c3ccc(F)c(Cl)c3)ccc21. The molecule has 3 rings (SSSR count). The number of benzene rings is 2. The van der Waals surface area contributed by atoms with Crippen LogP contribution in [-0.4, -0.2) is 20.9 Å². The van der Waals surface area contributed by atoms with E-state index in [0.29, 0.717) is 25.1 Å². The van der Waals surface area contributed by atoms with Gasteiger partial charge in [0, 0.05) is 24.3 Å². The van der Waals surface area contributed by atoms with E-state index >= 15 is 0 Å². The van der Waals surface area contributed by atoms with Crippen molar-refractivity contribution in [3.63, 3.8) is 0 Å². The Bertz CT molecular complexity index is 963. The van der Waals surface area contributed by atoms with Gasteiger partial charge in [-0.25, -0.2) is 12.8 Å². The first-order valence-electron chi connectivity index (χ1n) is 8.23. The molecule has 0 aromatic heterocycles. The maximum absolute atomic E-state index is 13.3. The van der Waals surface area contributed by atoms with Crippen molar-refractivity contribution >= 4 is 38.9 Å². The maximum atomic E-state index is 13.3. The fourth-order valence-electron chi connectivity index (χ4n) is 2.95. The van der Waals surface area contributed by atoms with Crippen molar-refractivity contribution in [1.82, 2.24) is 0 Å². The Kier molecular flexibility index (Phi) is 5.20. The van der Waals surface area contributed by atoms with Crippen molar-refractivity contribution in [2.75, 3.05) is 16.2 Å². The first kappa shape index (κ1) is 18.7. The van der Waals surface area contributed by atoms with Crippen LogP contribution in [0.25, 0.3) is 0 Å². The minimum absolute atomic E-state index is 0.0774. The summed E-state index contributed by atoms with van der Waals surface area (Å²) in [5, 5.41) is -0.257. The van der Waals surface area contributed by atoms with E-state index in [-0.39, 0.29) is 15.8 Å². The van der Waals surface area contributed by atoms with Gasteiger partial charge in [0.2, 0.25) is 5.91 Å². The number of aryl methyl sites for hydroxylation is 1. The summed E-state index contributed by atoms with van der Waals surface area (Å²) in [6.07, 6.45) is 1.80. The van der Waals surface area contributed by atoms with Crippen molar-refractivity contribution in [2.45, 2.75) is 31.1 Å². The average molecular weight is 397 g/mol. The van der Waals surface area contributed by atoms with E-state index in [9.17, 15) is 17.6 Å². The van der Waals surface area contributed by atoms with E-state index in [1.807, 2.05) is 6.92 Å². The number of hydrogen-bond donors (Lipinski definition) is 1. The summed E-state index contributed by atoms with van der Waals surface area (Å²) in [6.45, 7) is 2.63. The molecule has 5 nitrogen and oxygen atoms in total. The van der Waals surface area contributed by atoms with Crippen LogP contribution in [0.2, 0.25) is 5.02 Å². The molecule has 0 unspecified atom stereocenters. The normalized spacial score (nSPS) is 14.3. The van der Waals surface area contributed by atoms with Crippen LogP contribution in [0, 0.1) is 5.82 Å². The first-order chi connectivity index (χ1) is 12.3. The predicted octanol–water partition coefficient (Wildman–Crippen LogP) is 3.97. The number of anilines is 2. The number of fused-ring (bicyclic) bond motifs is 1. The molecule has 26 heavy (non-hydrogen) atoms. The molecule has 0 saturated heterocycles. The molecule has 0 bridgehead atoms. The molecule has 0 aliphatic carbocycles. The second kappa shape index (κ2) is 7.25. The number of carbonyl (C=O) groups is 1. The lowest BCUT2D eigenvalue weighted by Crippen LogP contribution is -2.35. The number of halogens is 2. The monoisotopic (exact) mass is 396 g/mol. The molecular formula is C18H18ClFN2O3S. The second-order valence-corrected chi connectivity index (χ2v) is 8.16. The molecule has 1 amide bonds. The van der Waals surface area contributed by atoms with Gasteiger partial charge in [-0.1, -0.05) is 18.5 Å². The zero-order valence-electron chi connectivity index (χ0n) is 14.1. The van der Waals surface area contributed by atoms with Crippen molar-refractivity contribution in [2.24, 2.45) is 0 Å². The Balaban J connectivity index is 1.89. The van der Waals surface area contributed by atoms with Crippen LogP contribution in [0.1, 0.15) is 25.3 Å². The van der Waals surface area contributed by atoms with E-state index in [4.69, 9.17) is 11.6 Å². The minimum atomic E-state index is -3.90. The standard InChI is InChI=1S/C18H18ClFN2O3S/c1-2-9-22-17-7-4-13(10-12(17)3-8-18(22)23)21-26(24,25)14-5-6-16(20)15(19)11-14/h4-7,10-11,21H,2-3,8-9H2,1H3. The van der Waals surface area contributed by atoms with Gasteiger partial charge in [-0.2, -0.15) is 0 Å². The van der Waals surface area contributed by atoms with Gasteiger partial charge in [0.25, 0.3) is 10.0 Å². The lowest BCUT2D eigenvalue weighted by molar-refractivity contribution is -0.118. The number of hydrogen-bond acceptors (Lipinski definition) is 3. The number of sulfonamides is 1. The van der Waals surface area contributed by atoms with Crippen molar-refractivity contribution < 1.29 is 17.6 Å². The summed E-state index contributed by atoms with van der Waals surface area (Å²) in [7, 11) is -3.90. The van der Waals surface area contributed by atoms with Crippen LogP contribution in [-0.2, 0) is 21.2 Å². The number of nitrogens with zero attached hydrogens (tertiary/aromatic N) is 1. The number of amides is 1. The van der Waals surface area contributed by atoms with Gasteiger partial charge in [0.1, 0.15) is 5.82 Å². The number of rotatable bonds is 5. The molecule has 0 spiro atoms. The highest BCUT2D eigenvalue weighted by Gasteiger charge is 2.24. The van der Waals surface area contributed by atoms with Gasteiger partial charge in [0.15, 0.2) is 0 Å². The zero-order valence-corrected chi connectivity index (χ0v) is 15.7. The third kappa shape index (κ3) is 3.68. The number of carbonyl (C=O) groups excluding carboxylic acids is 1. The molecule has 2 aromatic carbocycles. The van der Waals surface area contributed by atoms with Gasteiger partial charge in [-0.05, 0) is 54.8 Å². The van der Waals surface area contributed by atoms with E-state index in [1.165, 1.54) is 0 Å². The molecule has 1 heterocycles. The van der Waals surface area contributed by atoms with Crippen molar-refractivity contribution in [3.05, 3.63) is 52.8 Å². The third-order valence-electron chi connectivity index (χ3n) is 4.18. The Hall–Kier alpha value is -2.12. The zero-order chi connectivity index (χ0) is 18.9. The topological polar surface area (TPSA) is 66.5 Å². The Morgan fingerprint density at radius 1 is 1.19 bits per heavy atom. The highest BCUT2D eigenvalue weighted by molar-refractivity contribution is 7.92. The van der Waals surface area contributed by atoms with Crippen LogP contribution < -0.4 is 9.62 Å². The molecule has 0 fully saturated rings. The summed E-state index contributed by atoms with van der Waals surface area (Å²) in [5.41, 5.74) is 2.11. The molecule has 1 N–H and O–H groups in total. The molecule has 138 valence electrons. The highest BCUT2D eigenvalue weighted by Crippen LogP contribution is 2.31. The summed E-state index contributed by atoms with van der Waals surface area (Å²) in [4.78, 5) is 13.7. The molecule has 0 atom stereocenters. The fraction of sp³-hybridized carbons (Fsp3) is 0.278. The van der Waals surface area contributed by atoms with Crippen LogP contribution in [0.3, 0.4) is 0 Å². The molecule has 1 aliphatic heterocycles. The van der Waals surface area contributed by atoms with Gasteiger partial charge in [-0.3, -0.25) is 9.52 Å². The average Bonchev–Trinajstić information content (AvgIpc) is 2.59. The van der Waals surface area contributed by atoms with Crippen LogP contribution in [0.15, 0.2) is 41.3 Å². The van der Waals surface area contributed by atoms with Gasteiger partial charge < -0.3 is 4.90 Å². The molecule has 2 aromatic rings. The maximum Gasteiger partial charge on any atom is 0.261 e. The largest absolute Gasteiger partial charge is 0.312 e. The van der Waals surface area contributed by atoms with Crippen LogP contribution >= 0.6 is 11.6 Å². The Labute approximate surface area is 156 Å². The summed E-state index contributed by atoms with van der Waals surface area (Å²) >= 11 is 5.67. The minimum Gasteiger partial charge on any atom is -0.312 e. The van der Waals surface area contributed by atoms with E-state index in [0.717, 1.165) is 35.9 Å². The molecule has 0 saturated carbocycles. The van der Waals surface area contributed by atoms with Crippen LogP contribution in [0.4, 0.5) is 15.8 Å². The van der Waals surface area contributed by atoms with Gasteiger partial charge >= 0.3 is 0 Å². The summed E-state index contributed by atoms with van der Waals surface area (Å²) in [5.74, 6) is -0.603. The van der Waals surface area contributed by atoms with Gasteiger partial charge in [-0.15, -0.1) is 0 Å². The fourth-order valence-corrected chi connectivity index (χ4v) is 4.27. The van der Waals surface area contributed by atoms with E-state index in [1.54, 1.807) is 23.1 Å². The molecule has 0 radical (unpaired) electrons. The van der Waals surface area contributed by atoms with Crippen molar-refractivity contribution in [1.29, 1.82) is 0 Å². The summed E-state index contributed by atoms with van der Waals surface area (Å²) in [6, 6.07) is 8.33. The molecule has 8 heteroatoms. The lowest BCUT2D eigenvalue weighted by atomic mass is 10.0.